The van der Waals surface area contributed by atoms with Gasteiger partial charge in [0.2, 0.25) is 5.91 Å². The highest BCUT2D eigenvalue weighted by Gasteiger charge is 2.31. The summed E-state index contributed by atoms with van der Waals surface area (Å²) in [4.78, 5) is 13.0. The molecule has 2 N–H and O–H groups in total. The van der Waals surface area contributed by atoms with Crippen LogP contribution < -0.4 is 0 Å². The smallest absolute Gasteiger partial charge is 0.222 e. The van der Waals surface area contributed by atoms with E-state index in [-0.39, 0.29) is 19.0 Å². The van der Waals surface area contributed by atoms with Gasteiger partial charge in [0.25, 0.3) is 0 Å². The summed E-state index contributed by atoms with van der Waals surface area (Å²) in [7, 11) is 1.59. The molecule has 0 radical (unpaired) electrons. The monoisotopic (exact) mass is 203 g/mol. The van der Waals surface area contributed by atoms with E-state index in [2.05, 4.69) is 0 Å². The van der Waals surface area contributed by atoms with Gasteiger partial charge >= 0.3 is 0 Å². The van der Waals surface area contributed by atoms with Gasteiger partial charge in [0, 0.05) is 33.2 Å². The number of hydrogen-bond acceptors (Lipinski definition) is 4. The normalized spacial score (nSPS) is 26.9. The highest BCUT2D eigenvalue weighted by molar-refractivity contribution is 5.76. The highest BCUT2D eigenvalue weighted by Crippen LogP contribution is 2.11. The van der Waals surface area contributed by atoms with Crippen molar-refractivity contribution in [1.82, 2.24) is 4.90 Å². The summed E-state index contributed by atoms with van der Waals surface area (Å²) < 4.78 is 4.83. The molecule has 5 heteroatoms. The van der Waals surface area contributed by atoms with Gasteiger partial charge in [-0.2, -0.15) is 0 Å². The average molecular weight is 203 g/mol. The van der Waals surface area contributed by atoms with Crippen molar-refractivity contribution in [1.29, 1.82) is 0 Å². The fourth-order valence-electron chi connectivity index (χ4n) is 1.50. The first-order chi connectivity index (χ1) is 6.65. The quantitative estimate of drug-likeness (QED) is 0.574. The van der Waals surface area contributed by atoms with Gasteiger partial charge in [-0.05, 0) is 6.42 Å². The van der Waals surface area contributed by atoms with Gasteiger partial charge in [0.05, 0.1) is 12.2 Å². The lowest BCUT2D eigenvalue weighted by molar-refractivity contribution is -0.131. The van der Waals surface area contributed by atoms with E-state index < -0.39 is 12.2 Å². The van der Waals surface area contributed by atoms with Crippen LogP contribution >= 0.6 is 0 Å². The summed E-state index contributed by atoms with van der Waals surface area (Å²) in [5.74, 6) is -0.0300. The van der Waals surface area contributed by atoms with Gasteiger partial charge in [-0.3, -0.25) is 4.79 Å². The van der Waals surface area contributed by atoms with Crippen LogP contribution in [0.2, 0.25) is 0 Å². The third-order valence-electron chi connectivity index (χ3n) is 2.35. The first kappa shape index (κ1) is 11.4. The second-order valence-corrected chi connectivity index (χ2v) is 3.53. The van der Waals surface area contributed by atoms with Crippen molar-refractivity contribution in [2.24, 2.45) is 0 Å². The van der Waals surface area contributed by atoms with Crippen molar-refractivity contribution in [2.45, 2.75) is 25.0 Å². The second-order valence-electron chi connectivity index (χ2n) is 3.53. The molecule has 0 aromatic heterocycles. The second kappa shape index (κ2) is 5.29. The van der Waals surface area contributed by atoms with E-state index in [0.717, 1.165) is 0 Å². The Balaban J connectivity index is 2.25. The topological polar surface area (TPSA) is 70.0 Å². The molecule has 1 fully saturated rings. The van der Waals surface area contributed by atoms with Crippen LogP contribution in [0.25, 0.3) is 0 Å². The Labute approximate surface area is 83.3 Å². The van der Waals surface area contributed by atoms with Gasteiger partial charge in [-0.1, -0.05) is 0 Å². The van der Waals surface area contributed by atoms with Gasteiger partial charge in [-0.15, -0.1) is 0 Å². The van der Waals surface area contributed by atoms with Crippen molar-refractivity contribution < 1.29 is 19.7 Å². The van der Waals surface area contributed by atoms with Crippen LogP contribution in [0.4, 0.5) is 0 Å². The number of aliphatic hydroxyl groups excluding tert-OH is 2. The molecule has 2 atom stereocenters. The third kappa shape index (κ3) is 2.94. The number of hydrogen-bond donors (Lipinski definition) is 2. The summed E-state index contributed by atoms with van der Waals surface area (Å²) in [6.07, 6.45) is -0.492. The molecule has 1 aliphatic rings. The maximum Gasteiger partial charge on any atom is 0.222 e. The number of carbonyl (C=O) groups excluding carboxylic acids is 1. The van der Waals surface area contributed by atoms with Crippen LogP contribution in [0.1, 0.15) is 12.8 Å². The van der Waals surface area contributed by atoms with Gasteiger partial charge in [0.15, 0.2) is 0 Å². The van der Waals surface area contributed by atoms with Crippen molar-refractivity contribution in [2.75, 3.05) is 26.8 Å². The van der Waals surface area contributed by atoms with Crippen LogP contribution in [0.3, 0.4) is 0 Å². The number of likely N-dealkylation sites (tertiary alicyclic amines) is 1. The number of amides is 1. The van der Waals surface area contributed by atoms with Gasteiger partial charge < -0.3 is 19.8 Å². The highest BCUT2D eigenvalue weighted by atomic mass is 16.5. The molecule has 5 nitrogen and oxygen atoms in total. The SMILES string of the molecule is COCCCC(=O)N1CC(O)C(O)C1. The van der Waals surface area contributed by atoms with E-state index in [1.54, 1.807) is 7.11 Å². The van der Waals surface area contributed by atoms with E-state index in [1.807, 2.05) is 0 Å². The molecule has 0 aliphatic carbocycles. The lowest BCUT2D eigenvalue weighted by Gasteiger charge is -2.14. The minimum Gasteiger partial charge on any atom is -0.388 e. The number of nitrogens with zero attached hydrogens (tertiary/aromatic N) is 1. The van der Waals surface area contributed by atoms with Crippen LogP contribution in [-0.2, 0) is 9.53 Å². The van der Waals surface area contributed by atoms with Crippen molar-refractivity contribution in [3.63, 3.8) is 0 Å². The zero-order valence-electron chi connectivity index (χ0n) is 8.35. The van der Waals surface area contributed by atoms with Crippen LogP contribution in [0.5, 0.6) is 0 Å². The number of β-amino-alcohol motifs (C(OH)–C–C–N with tert-alkyl or cyclic N) is 2. The van der Waals surface area contributed by atoms with Crippen molar-refractivity contribution >= 4 is 5.91 Å². The number of ether oxygens (including phenoxy) is 1. The molecule has 1 saturated heterocycles. The van der Waals surface area contributed by atoms with E-state index in [4.69, 9.17) is 4.74 Å². The van der Waals surface area contributed by atoms with Crippen LogP contribution in [-0.4, -0.2) is 60.0 Å². The van der Waals surface area contributed by atoms with Gasteiger partial charge in [-0.25, -0.2) is 0 Å². The van der Waals surface area contributed by atoms with E-state index in [9.17, 15) is 15.0 Å². The zero-order chi connectivity index (χ0) is 10.6. The third-order valence-corrected chi connectivity index (χ3v) is 2.35. The molecule has 1 heterocycles. The number of methoxy groups -OCH3 is 1. The Morgan fingerprint density at radius 3 is 2.50 bits per heavy atom. The molecule has 14 heavy (non-hydrogen) atoms. The van der Waals surface area contributed by atoms with Crippen LogP contribution in [0, 0.1) is 0 Å². The zero-order valence-corrected chi connectivity index (χ0v) is 8.35. The lowest BCUT2D eigenvalue weighted by Crippen LogP contribution is -2.29. The molecule has 1 aliphatic heterocycles. The molecular formula is C9H17NO4. The number of carbonyl (C=O) groups is 1. The summed E-state index contributed by atoms with van der Waals surface area (Å²) in [5, 5.41) is 18.4. The molecule has 82 valence electrons. The van der Waals surface area contributed by atoms with Crippen molar-refractivity contribution in [3.05, 3.63) is 0 Å². The molecule has 0 aromatic carbocycles. The summed E-state index contributed by atoms with van der Waals surface area (Å²) in [5.41, 5.74) is 0. The first-order valence-electron chi connectivity index (χ1n) is 4.78. The van der Waals surface area contributed by atoms with E-state index in [1.165, 1.54) is 4.90 Å². The van der Waals surface area contributed by atoms with E-state index >= 15 is 0 Å². The molecule has 0 saturated carbocycles. The predicted octanol–water partition coefficient (Wildman–Crippen LogP) is -1.02. The largest absolute Gasteiger partial charge is 0.388 e. The molecule has 0 spiro atoms. The fourth-order valence-corrected chi connectivity index (χ4v) is 1.50. The van der Waals surface area contributed by atoms with Gasteiger partial charge in [0.1, 0.15) is 0 Å². The summed E-state index contributed by atoms with van der Waals surface area (Å²) in [6.45, 7) is 1.05. The molecule has 1 amide bonds. The standard InChI is InChI=1S/C9H17NO4/c1-14-4-2-3-9(13)10-5-7(11)8(12)6-10/h7-8,11-12H,2-6H2,1H3. The Bertz CT molecular complexity index is 187. The first-order valence-corrected chi connectivity index (χ1v) is 4.78. The summed E-state index contributed by atoms with van der Waals surface area (Å²) in [6, 6.07) is 0. The Hall–Kier alpha value is -0.650. The maximum atomic E-state index is 11.5. The maximum absolute atomic E-state index is 11.5. The van der Waals surface area contributed by atoms with E-state index in [0.29, 0.717) is 19.4 Å². The molecule has 0 bridgehead atoms. The Morgan fingerprint density at radius 2 is 2.00 bits per heavy atom. The number of rotatable bonds is 4. The lowest BCUT2D eigenvalue weighted by atomic mass is 10.3. The molecular weight excluding hydrogens is 186 g/mol. The Morgan fingerprint density at radius 1 is 1.43 bits per heavy atom. The van der Waals surface area contributed by atoms with Crippen molar-refractivity contribution in [3.8, 4) is 0 Å². The molecule has 0 aromatic rings. The molecule has 1 rings (SSSR count). The molecule has 2 unspecified atom stereocenters. The fraction of sp³-hybridized carbons (Fsp3) is 0.889. The summed E-state index contributed by atoms with van der Waals surface area (Å²) >= 11 is 0. The predicted molar refractivity (Wildman–Crippen MR) is 49.7 cm³/mol. The van der Waals surface area contributed by atoms with Crippen LogP contribution in [0.15, 0.2) is 0 Å². The Kier molecular flexibility index (Phi) is 4.31. The minimum atomic E-state index is -0.790. The average Bonchev–Trinajstić information content (AvgIpc) is 2.47. The minimum absolute atomic E-state index is 0.0300. The number of aliphatic hydroxyl groups is 2.